The van der Waals surface area contributed by atoms with E-state index in [2.05, 4.69) is 25.5 Å². The molecule has 136 valence electrons. The Morgan fingerprint density at radius 3 is 2.73 bits per heavy atom. The summed E-state index contributed by atoms with van der Waals surface area (Å²) in [5.41, 5.74) is 7.32. The Bertz CT molecular complexity index is 869. The van der Waals surface area contributed by atoms with Gasteiger partial charge in [-0.2, -0.15) is 0 Å². The van der Waals surface area contributed by atoms with E-state index in [9.17, 15) is 4.79 Å². The summed E-state index contributed by atoms with van der Waals surface area (Å²) in [6.45, 7) is 0. The lowest BCUT2D eigenvalue weighted by molar-refractivity contribution is 0.0594. The van der Waals surface area contributed by atoms with Crippen LogP contribution in [0.2, 0.25) is 5.15 Å². The van der Waals surface area contributed by atoms with Crippen molar-refractivity contribution < 1.29 is 14.3 Å². The maximum Gasteiger partial charge on any atom is 0.360 e. The number of nitrogens with zero attached hydrogens (tertiary/aromatic N) is 4. The molecule has 2 aromatic rings. The monoisotopic (exact) mass is 376 g/mol. The topological polar surface area (TPSA) is 124 Å². The first-order chi connectivity index (χ1) is 12.5. The number of aliphatic imine (C=N–C) groups is 2. The van der Waals surface area contributed by atoms with Crippen LogP contribution >= 0.6 is 11.6 Å². The van der Waals surface area contributed by atoms with E-state index >= 15 is 0 Å². The third-order valence-electron chi connectivity index (χ3n) is 3.22. The van der Waals surface area contributed by atoms with Crippen molar-refractivity contribution in [3.8, 4) is 5.75 Å². The molecule has 0 aliphatic carbocycles. The molecule has 3 N–H and O–H groups in total. The molecule has 0 amide bonds. The zero-order valence-corrected chi connectivity index (χ0v) is 15.1. The van der Waals surface area contributed by atoms with E-state index in [1.54, 1.807) is 25.2 Å². The van der Waals surface area contributed by atoms with E-state index in [-0.39, 0.29) is 16.7 Å². The van der Waals surface area contributed by atoms with Crippen molar-refractivity contribution in [3.05, 3.63) is 40.7 Å². The smallest absolute Gasteiger partial charge is 0.360 e. The van der Waals surface area contributed by atoms with Gasteiger partial charge in [-0.05, 0) is 12.1 Å². The molecule has 0 saturated carbocycles. The van der Waals surface area contributed by atoms with Crippen LogP contribution in [-0.4, -0.2) is 49.6 Å². The van der Waals surface area contributed by atoms with Gasteiger partial charge in [0.25, 0.3) is 0 Å². The Balaban J connectivity index is 2.51. The summed E-state index contributed by atoms with van der Waals surface area (Å²) < 4.78 is 10.2. The number of amidine groups is 1. The predicted octanol–water partition coefficient (Wildman–Crippen LogP) is 2.03. The van der Waals surface area contributed by atoms with Crippen molar-refractivity contribution in [1.82, 2.24) is 10.2 Å². The van der Waals surface area contributed by atoms with Crippen molar-refractivity contribution in [1.29, 1.82) is 0 Å². The Kier molecular flexibility index (Phi) is 6.45. The predicted molar refractivity (Wildman–Crippen MR) is 99.8 cm³/mol. The molecule has 10 heteroatoms. The van der Waals surface area contributed by atoms with Crippen LogP contribution in [0.25, 0.3) is 0 Å². The lowest BCUT2D eigenvalue weighted by atomic mass is 10.1. The second kappa shape index (κ2) is 8.77. The fourth-order valence-corrected chi connectivity index (χ4v) is 2.25. The highest BCUT2D eigenvalue weighted by atomic mass is 35.5. The minimum atomic E-state index is -0.660. The average Bonchev–Trinajstić information content (AvgIpc) is 2.65. The molecule has 0 unspecified atom stereocenters. The Morgan fingerprint density at radius 2 is 2.08 bits per heavy atom. The van der Waals surface area contributed by atoms with Gasteiger partial charge in [0, 0.05) is 13.1 Å². The highest BCUT2D eigenvalue weighted by Gasteiger charge is 2.18. The van der Waals surface area contributed by atoms with Crippen LogP contribution in [-0.2, 0) is 4.74 Å². The van der Waals surface area contributed by atoms with Crippen LogP contribution in [0.4, 0.5) is 11.4 Å². The highest BCUT2D eigenvalue weighted by Crippen LogP contribution is 2.32. The summed E-state index contributed by atoms with van der Waals surface area (Å²) >= 11 is 5.89. The number of rotatable bonds is 6. The first-order valence-corrected chi connectivity index (χ1v) is 7.69. The first kappa shape index (κ1) is 19.1. The second-order valence-corrected chi connectivity index (χ2v) is 5.21. The number of methoxy groups -OCH3 is 2. The number of aromatic nitrogens is 2. The number of carbonyl (C=O) groups excluding carboxylic acids is 1. The van der Waals surface area contributed by atoms with Gasteiger partial charge in [-0.25, -0.2) is 9.79 Å². The molecular formula is C16H17ClN6O3. The molecule has 26 heavy (non-hydrogen) atoms. The van der Waals surface area contributed by atoms with Gasteiger partial charge >= 0.3 is 5.97 Å². The molecule has 1 aromatic carbocycles. The number of nitrogens with one attached hydrogen (secondary N) is 1. The average molecular weight is 377 g/mol. The molecule has 0 bridgehead atoms. The van der Waals surface area contributed by atoms with E-state index in [0.29, 0.717) is 22.7 Å². The van der Waals surface area contributed by atoms with Crippen LogP contribution < -0.4 is 15.8 Å². The number of esters is 1. The number of hydrogen-bond acceptors (Lipinski definition) is 7. The van der Waals surface area contributed by atoms with Gasteiger partial charge in [-0.1, -0.05) is 17.7 Å². The van der Waals surface area contributed by atoms with Crippen LogP contribution in [0.15, 0.2) is 34.3 Å². The minimum Gasteiger partial charge on any atom is -0.494 e. The largest absolute Gasteiger partial charge is 0.494 e. The van der Waals surface area contributed by atoms with Crippen LogP contribution in [0.3, 0.4) is 0 Å². The van der Waals surface area contributed by atoms with Gasteiger partial charge in [0.2, 0.25) is 0 Å². The van der Waals surface area contributed by atoms with Crippen molar-refractivity contribution in [2.45, 2.75) is 0 Å². The lowest BCUT2D eigenvalue weighted by Gasteiger charge is -2.15. The molecule has 2 rings (SSSR count). The molecular weight excluding hydrogens is 360 g/mol. The maximum atomic E-state index is 11.9. The molecule has 0 atom stereocenters. The minimum absolute atomic E-state index is 0.0240. The number of ether oxygens (including phenoxy) is 2. The quantitative estimate of drug-likeness (QED) is 0.449. The molecule has 0 saturated heterocycles. The number of halogens is 1. The number of anilines is 2. The number of para-hydroxylation sites is 1. The van der Waals surface area contributed by atoms with Crippen LogP contribution in [0.1, 0.15) is 16.1 Å². The molecule has 0 aliphatic heterocycles. The van der Waals surface area contributed by atoms with Crippen molar-refractivity contribution in [2.24, 2.45) is 15.7 Å². The number of benzene rings is 1. The third-order valence-corrected chi connectivity index (χ3v) is 3.40. The van der Waals surface area contributed by atoms with Crippen LogP contribution in [0.5, 0.6) is 5.75 Å². The summed E-state index contributed by atoms with van der Waals surface area (Å²) in [5.74, 6) is -0.0239. The standard InChI is InChI=1S/C16H17ClN6O3/c1-19-8-20-15(18)9-5-4-6-10(14(9)25-2)21-11-7-12(17)22-23-13(11)16(24)26-3/h4-8H,1-3H3,(H,21,22)(H2,18,19,20). The van der Waals surface area contributed by atoms with E-state index < -0.39 is 5.97 Å². The molecule has 0 aliphatic rings. The van der Waals surface area contributed by atoms with Crippen molar-refractivity contribution in [2.75, 3.05) is 26.6 Å². The second-order valence-electron chi connectivity index (χ2n) is 4.82. The fraction of sp³-hybridized carbons (Fsp3) is 0.188. The van der Waals surface area contributed by atoms with Gasteiger partial charge in [0.15, 0.2) is 16.6 Å². The molecule has 1 heterocycles. The number of nitrogens with two attached hydrogens (primary N) is 1. The highest BCUT2D eigenvalue weighted by molar-refractivity contribution is 6.29. The van der Waals surface area contributed by atoms with E-state index in [0.717, 1.165) is 0 Å². The summed E-state index contributed by atoms with van der Waals surface area (Å²) in [7, 11) is 4.32. The SMILES string of the molecule is CN=CN=C(N)c1cccc(Nc2cc(Cl)nnc2C(=O)OC)c1OC. The zero-order chi connectivity index (χ0) is 19.1. The summed E-state index contributed by atoms with van der Waals surface area (Å²) in [4.78, 5) is 19.7. The third kappa shape index (κ3) is 4.25. The van der Waals surface area contributed by atoms with Gasteiger partial charge in [0.1, 0.15) is 12.2 Å². The lowest BCUT2D eigenvalue weighted by Crippen LogP contribution is -2.16. The van der Waals surface area contributed by atoms with Gasteiger partial charge in [-0.15, -0.1) is 10.2 Å². The maximum absolute atomic E-state index is 11.9. The fourth-order valence-electron chi connectivity index (χ4n) is 2.10. The normalized spacial score (nSPS) is 11.5. The zero-order valence-electron chi connectivity index (χ0n) is 14.4. The van der Waals surface area contributed by atoms with Gasteiger partial charge < -0.3 is 20.5 Å². The Morgan fingerprint density at radius 1 is 1.31 bits per heavy atom. The van der Waals surface area contributed by atoms with E-state index in [1.165, 1.54) is 26.6 Å². The van der Waals surface area contributed by atoms with Crippen molar-refractivity contribution >= 4 is 41.1 Å². The molecule has 1 aromatic heterocycles. The van der Waals surface area contributed by atoms with Gasteiger partial charge in [-0.3, -0.25) is 4.99 Å². The van der Waals surface area contributed by atoms with Crippen LogP contribution in [0, 0.1) is 0 Å². The van der Waals surface area contributed by atoms with Gasteiger partial charge in [0.05, 0.1) is 31.2 Å². The molecule has 0 radical (unpaired) electrons. The number of carbonyl (C=O) groups is 1. The number of hydrogen-bond donors (Lipinski definition) is 2. The Labute approximate surface area is 154 Å². The summed E-state index contributed by atoms with van der Waals surface area (Å²) in [6, 6.07) is 6.68. The van der Waals surface area contributed by atoms with E-state index in [4.69, 9.17) is 26.8 Å². The van der Waals surface area contributed by atoms with Crippen molar-refractivity contribution in [3.63, 3.8) is 0 Å². The molecule has 0 spiro atoms. The van der Waals surface area contributed by atoms with E-state index in [1.807, 2.05) is 0 Å². The summed E-state index contributed by atoms with van der Waals surface area (Å²) in [5, 5.41) is 10.6. The first-order valence-electron chi connectivity index (χ1n) is 7.31. The molecule has 0 fully saturated rings. The Hall–Kier alpha value is -3.20. The summed E-state index contributed by atoms with van der Waals surface area (Å²) in [6.07, 6.45) is 1.33. The molecule has 9 nitrogen and oxygen atoms in total.